The van der Waals surface area contributed by atoms with Gasteiger partial charge in [0.05, 0.1) is 72.8 Å². The molecule has 354 valence electrons. The Morgan fingerprint density at radius 2 is 1.49 bits per heavy atom. The summed E-state index contributed by atoms with van der Waals surface area (Å²) in [6.45, 7) is 7.29. The topological polar surface area (TPSA) is 195 Å². The van der Waals surface area contributed by atoms with Gasteiger partial charge in [0.25, 0.3) is 0 Å². The minimum Gasteiger partial charge on any atom is -0.465 e. The van der Waals surface area contributed by atoms with Crippen LogP contribution in [0.3, 0.4) is 0 Å². The van der Waals surface area contributed by atoms with Crippen LogP contribution in [-0.2, 0) is 14.3 Å². The summed E-state index contributed by atoms with van der Waals surface area (Å²) < 4.78 is 49.0. The fraction of sp³-hybridized carbons (Fsp3) is 0.429. The lowest BCUT2D eigenvalue weighted by Gasteiger charge is -2.35. The molecule has 9 atom stereocenters. The van der Waals surface area contributed by atoms with E-state index in [4.69, 9.17) is 14.2 Å². The minimum absolute atomic E-state index is 0.0287. The number of hydrogen-bond acceptors (Lipinski definition) is 11. The van der Waals surface area contributed by atoms with Crippen molar-refractivity contribution in [2.24, 2.45) is 11.8 Å². The number of benzene rings is 3. The van der Waals surface area contributed by atoms with Gasteiger partial charge in [-0.2, -0.15) is 0 Å². The third-order valence-corrected chi connectivity index (χ3v) is 13.2. The number of imidazole rings is 2. The molecule has 6 heterocycles. The van der Waals surface area contributed by atoms with Gasteiger partial charge in [-0.15, -0.1) is 0 Å². The summed E-state index contributed by atoms with van der Waals surface area (Å²) in [5.74, 6) is 0.892. The zero-order valence-corrected chi connectivity index (χ0v) is 38.2. The quantitative estimate of drug-likeness (QED) is 0.0619. The van der Waals surface area contributed by atoms with Crippen LogP contribution in [0, 0.1) is 11.8 Å². The molecule has 18 heteroatoms. The Kier molecular flexibility index (Phi) is 12.9. The van der Waals surface area contributed by atoms with Gasteiger partial charge in [-0.1, -0.05) is 70.2 Å². The van der Waals surface area contributed by atoms with Crippen LogP contribution in [0.1, 0.15) is 76.1 Å². The summed E-state index contributed by atoms with van der Waals surface area (Å²) in [7, 11) is 2.58. The van der Waals surface area contributed by atoms with Gasteiger partial charge in [0, 0.05) is 54.1 Å². The molecule has 3 aromatic carbocycles. The summed E-state index contributed by atoms with van der Waals surface area (Å²) in [5.41, 5.74) is 6.61. The first-order valence-corrected chi connectivity index (χ1v) is 22.7. The van der Waals surface area contributed by atoms with Crippen molar-refractivity contribution in [3.05, 3.63) is 102 Å². The molecule has 0 spiro atoms. The molecule has 0 aliphatic carbocycles. The Morgan fingerprint density at radius 1 is 0.836 bits per heavy atom. The lowest BCUT2D eigenvalue weighted by atomic mass is 10.0. The number of rotatable bonds is 14. The van der Waals surface area contributed by atoms with Crippen LogP contribution in [-0.4, -0.2) is 121 Å². The van der Waals surface area contributed by atoms with Gasteiger partial charge < -0.3 is 49.2 Å². The van der Waals surface area contributed by atoms with Gasteiger partial charge in [-0.3, -0.25) is 15.0 Å². The number of nitrogens with one attached hydrogen (secondary N) is 4. The number of aromatic amines is 2. The molecule has 2 fully saturated rings. The van der Waals surface area contributed by atoms with Crippen LogP contribution < -0.4 is 15.4 Å². The van der Waals surface area contributed by atoms with E-state index < -0.39 is 61.5 Å². The van der Waals surface area contributed by atoms with Crippen molar-refractivity contribution in [1.29, 1.82) is 0 Å². The summed E-state index contributed by atoms with van der Waals surface area (Å²) in [6, 6.07) is 21.4. The van der Waals surface area contributed by atoms with E-state index in [-0.39, 0.29) is 43.7 Å². The molecule has 3 aliphatic heterocycles. The molecule has 2 saturated heterocycles. The maximum atomic E-state index is 15.1. The van der Waals surface area contributed by atoms with Crippen LogP contribution in [0.25, 0.3) is 44.7 Å². The normalized spacial score (nSPS) is 22.4. The number of hydrogen-bond donors (Lipinski definition) is 6. The first kappa shape index (κ1) is 46.0. The number of amides is 2. The number of ether oxygens (including phenoxy) is 3. The Labute approximate surface area is 386 Å². The number of likely N-dealkylation sites (tertiary alicyclic amines) is 2. The Hall–Kier alpha value is -6.18. The highest BCUT2D eigenvalue weighted by Crippen LogP contribution is 2.46. The Morgan fingerprint density at radius 3 is 2.16 bits per heavy atom. The lowest BCUT2D eigenvalue weighted by molar-refractivity contribution is -0.145. The number of aliphatic hydroxyl groups is 2. The Balaban J connectivity index is 1.03. The third-order valence-electron chi connectivity index (χ3n) is 13.2. The minimum atomic E-state index is -1.36. The molecule has 9 unspecified atom stereocenters. The van der Waals surface area contributed by atoms with Crippen LogP contribution in [0.4, 0.5) is 13.6 Å². The van der Waals surface area contributed by atoms with E-state index in [2.05, 4.69) is 47.3 Å². The molecule has 9 rings (SSSR count). The number of methoxy groups -OCH3 is 2. The van der Waals surface area contributed by atoms with Crippen LogP contribution in [0.15, 0.2) is 85.2 Å². The van der Waals surface area contributed by atoms with E-state index >= 15 is 8.78 Å². The van der Waals surface area contributed by atoms with Crippen LogP contribution >= 0.6 is 0 Å². The number of aliphatic hydroxyl groups excluding tert-OH is 2. The number of alkyl halides is 2. The molecule has 2 amide bonds. The van der Waals surface area contributed by atoms with Crippen molar-refractivity contribution in [1.82, 2.24) is 44.9 Å². The highest BCUT2D eigenvalue weighted by Gasteiger charge is 2.44. The molecule has 0 saturated carbocycles. The molecule has 0 bridgehead atoms. The van der Waals surface area contributed by atoms with Crippen molar-refractivity contribution in [3.63, 3.8) is 0 Å². The molecular weight excluding hydrogens is 865 g/mol. The van der Waals surface area contributed by atoms with Crippen molar-refractivity contribution in [2.75, 3.05) is 27.3 Å². The molecule has 6 N–H and O–H groups in total. The van der Waals surface area contributed by atoms with E-state index in [1.165, 1.54) is 19.1 Å². The number of nitrogens with zero attached hydrogens (tertiary/aromatic N) is 5. The standard InChI is InChI=1S/C49H57F2N9O7/c1-25(2)41(56-48(63)65-5)45(61)58-23-31(50)19-38(58)43-52-21-34(54-43)28-14-15-40-33(16-28)37-18-30-13-12-29(17-36(30)60(37)47(67-40)27-10-8-7-9-11-27)35-22-53-44(55-35)39-20-32(51)24-59(39)46(62)42(26(3)4)57-49(64)66-6/h7-18,21-22,25-26,31-32,38-39,41-42,45,47,49,57,61,64H,19-20,23-24H2,1-6H3,(H,52,54)(H,53,55)(H,56,63). The zero-order chi connectivity index (χ0) is 47.3. The number of alkyl carbamates (subject to hydrolysis) is 1. The number of halogens is 2. The molecule has 3 aliphatic rings. The summed E-state index contributed by atoms with van der Waals surface area (Å²) in [4.78, 5) is 45.3. The smallest absolute Gasteiger partial charge is 0.407 e. The van der Waals surface area contributed by atoms with Crippen molar-refractivity contribution in [2.45, 2.75) is 95.9 Å². The molecular formula is C49H57F2N9O7. The maximum absolute atomic E-state index is 15.1. The Bertz CT molecular complexity index is 2720. The second-order valence-electron chi connectivity index (χ2n) is 18.3. The number of carbonyl (C=O) groups is 2. The molecule has 6 aromatic rings. The second kappa shape index (κ2) is 18.8. The monoisotopic (exact) mass is 921 g/mol. The van der Waals surface area contributed by atoms with Gasteiger partial charge in [-0.25, -0.2) is 23.5 Å². The molecule has 3 aromatic heterocycles. The third kappa shape index (κ3) is 8.91. The number of fused-ring (bicyclic) bond motifs is 5. The van der Waals surface area contributed by atoms with Gasteiger partial charge in [0.1, 0.15) is 36.0 Å². The van der Waals surface area contributed by atoms with E-state index in [1.807, 2.05) is 88.4 Å². The average molecular weight is 922 g/mol. The van der Waals surface area contributed by atoms with Gasteiger partial charge in [0.2, 0.25) is 18.5 Å². The zero-order valence-electron chi connectivity index (χ0n) is 38.2. The fourth-order valence-corrected chi connectivity index (χ4v) is 9.75. The second-order valence-corrected chi connectivity index (χ2v) is 18.3. The van der Waals surface area contributed by atoms with Crippen molar-refractivity contribution < 1.29 is 42.8 Å². The fourth-order valence-electron chi connectivity index (χ4n) is 9.75. The first-order chi connectivity index (χ1) is 32.2. The number of H-pyrrole nitrogens is 2. The van der Waals surface area contributed by atoms with Crippen LogP contribution in [0.2, 0.25) is 0 Å². The van der Waals surface area contributed by atoms with Crippen molar-refractivity contribution >= 4 is 22.9 Å². The van der Waals surface area contributed by atoms with E-state index in [0.717, 1.165) is 38.9 Å². The summed E-state index contributed by atoms with van der Waals surface area (Å²) in [5, 5.41) is 28.1. The van der Waals surface area contributed by atoms with E-state index in [0.29, 0.717) is 28.8 Å². The molecule has 67 heavy (non-hydrogen) atoms. The van der Waals surface area contributed by atoms with E-state index in [9.17, 15) is 19.8 Å². The predicted octanol–water partition coefficient (Wildman–Crippen LogP) is 6.96. The SMILES string of the molecule is COC(=O)NC(C(C)C)C(O)N1CC(F)CC1c1ncc(-c2ccc3c(c2)-c2cc4ccc(-c5cnc(C6CC(F)CN6C(=O)C(NC(O)OC)C(C)C)[nH]5)cc4n2C(c2ccccc2)O3)[nH]1. The molecule has 0 radical (unpaired) electrons. The van der Waals surface area contributed by atoms with E-state index in [1.54, 1.807) is 17.3 Å². The van der Waals surface area contributed by atoms with Gasteiger partial charge in [0.15, 0.2) is 0 Å². The van der Waals surface area contributed by atoms with Crippen molar-refractivity contribution in [3.8, 4) is 39.5 Å². The maximum Gasteiger partial charge on any atom is 0.407 e. The largest absolute Gasteiger partial charge is 0.465 e. The summed E-state index contributed by atoms with van der Waals surface area (Å²) in [6.07, 6.45) is -2.62. The number of carbonyl (C=O) groups excluding carboxylic acids is 2. The molecule has 16 nitrogen and oxygen atoms in total. The first-order valence-electron chi connectivity index (χ1n) is 22.7. The predicted molar refractivity (Wildman–Crippen MR) is 246 cm³/mol. The summed E-state index contributed by atoms with van der Waals surface area (Å²) >= 11 is 0. The lowest BCUT2D eigenvalue weighted by Crippen LogP contribution is -2.54. The highest BCUT2D eigenvalue weighted by molar-refractivity contribution is 5.92. The highest BCUT2D eigenvalue weighted by atomic mass is 19.1. The van der Waals surface area contributed by atoms with Gasteiger partial charge in [-0.05, 0) is 42.2 Å². The van der Waals surface area contributed by atoms with Gasteiger partial charge >= 0.3 is 6.09 Å². The average Bonchev–Trinajstić information content (AvgIpc) is 4.19. The number of aromatic nitrogens is 5. The van der Waals surface area contributed by atoms with Crippen LogP contribution in [0.5, 0.6) is 5.75 Å².